The highest BCUT2D eigenvalue weighted by atomic mass is 16.6. The fourth-order valence-corrected chi connectivity index (χ4v) is 3.41. The van der Waals surface area contributed by atoms with E-state index in [4.69, 9.17) is 4.74 Å². The fraction of sp³-hybridized carbons (Fsp3) is 0.941. The lowest BCUT2D eigenvalue weighted by Crippen LogP contribution is -2.58. The van der Waals surface area contributed by atoms with E-state index >= 15 is 0 Å². The summed E-state index contributed by atoms with van der Waals surface area (Å²) >= 11 is 0. The third kappa shape index (κ3) is 4.93. The van der Waals surface area contributed by atoms with Gasteiger partial charge >= 0.3 is 5.97 Å². The maximum atomic E-state index is 11.8. The maximum absolute atomic E-state index is 11.8. The molecule has 1 N–H and O–H groups in total. The van der Waals surface area contributed by atoms with Gasteiger partial charge in [-0.05, 0) is 39.5 Å². The van der Waals surface area contributed by atoms with E-state index in [9.17, 15) is 9.90 Å². The predicted octanol–water partition coefficient (Wildman–Crippen LogP) is 1.70. The Hall–Kier alpha value is -0.650. The van der Waals surface area contributed by atoms with Crippen LogP contribution in [0.25, 0.3) is 0 Å². The van der Waals surface area contributed by atoms with Gasteiger partial charge in [-0.15, -0.1) is 0 Å². The summed E-state index contributed by atoms with van der Waals surface area (Å²) in [7, 11) is 0. The Morgan fingerprint density at radius 2 is 1.86 bits per heavy atom. The lowest BCUT2D eigenvalue weighted by atomic mass is 9.91. The van der Waals surface area contributed by atoms with Gasteiger partial charge in [0.15, 0.2) is 0 Å². The van der Waals surface area contributed by atoms with E-state index in [0.29, 0.717) is 6.54 Å². The molecule has 0 aliphatic carbocycles. The number of piperidine rings is 1. The molecule has 2 rings (SSSR count). The summed E-state index contributed by atoms with van der Waals surface area (Å²) < 4.78 is 5.33. The van der Waals surface area contributed by atoms with Gasteiger partial charge in [0.1, 0.15) is 11.8 Å². The zero-order valence-electron chi connectivity index (χ0n) is 14.5. The van der Waals surface area contributed by atoms with Gasteiger partial charge in [0.05, 0.1) is 6.54 Å². The molecule has 0 aromatic rings. The van der Waals surface area contributed by atoms with Crippen molar-refractivity contribution in [1.82, 2.24) is 9.80 Å². The molecule has 0 aromatic carbocycles. The van der Waals surface area contributed by atoms with Crippen molar-refractivity contribution in [3.63, 3.8) is 0 Å². The number of aliphatic hydroxyl groups excluding tert-OH is 1. The molecule has 22 heavy (non-hydrogen) atoms. The molecule has 2 heterocycles. The summed E-state index contributed by atoms with van der Waals surface area (Å²) in [5, 5.41) is 10.5. The third-order valence-corrected chi connectivity index (χ3v) is 4.78. The monoisotopic (exact) mass is 312 g/mol. The van der Waals surface area contributed by atoms with Crippen molar-refractivity contribution in [3.8, 4) is 0 Å². The fourth-order valence-electron chi connectivity index (χ4n) is 3.41. The number of hydrogen-bond acceptors (Lipinski definition) is 5. The second-order valence-electron chi connectivity index (χ2n) is 7.84. The van der Waals surface area contributed by atoms with E-state index in [2.05, 4.69) is 16.7 Å². The van der Waals surface area contributed by atoms with Crippen LogP contribution in [-0.4, -0.2) is 65.4 Å². The molecule has 0 aromatic heterocycles. The molecule has 0 saturated carbocycles. The molecule has 2 saturated heterocycles. The van der Waals surface area contributed by atoms with Crippen LogP contribution >= 0.6 is 0 Å². The van der Waals surface area contributed by atoms with Crippen LogP contribution in [0.15, 0.2) is 0 Å². The van der Waals surface area contributed by atoms with Gasteiger partial charge in [-0.25, -0.2) is 0 Å². The zero-order valence-corrected chi connectivity index (χ0v) is 14.5. The number of aliphatic hydroxyl groups is 1. The van der Waals surface area contributed by atoms with Crippen molar-refractivity contribution in [2.24, 2.45) is 11.8 Å². The number of carbonyl (C=O) groups is 1. The van der Waals surface area contributed by atoms with Gasteiger partial charge < -0.3 is 9.84 Å². The summed E-state index contributed by atoms with van der Waals surface area (Å²) in [4.78, 5) is 16.0. The Bertz CT molecular complexity index is 367. The van der Waals surface area contributed by atoms with E-state index in [-0.39, 0.29) is 18.1 Å². The first-order valence-corrected chi connectivity index (χ1v) is 8.65. The lowest BCUT2D eigenvalue weighted by Gasteiger charge is -2.46. The molecule has 1 atom stereocenters. The molecule has 0 amide bonds. The van der Waals surface area contributed by atoms with Crippen molar-refractivity contribution in [1.29, 1.82) is 0 Å². The lowest BCUT2D eigenvalue weighted by molar-refractivity contribution is -0.161. The van der Waals surface area contributed by atoms with Crippen LogP contribution in [0.1, 0.15) is 47.0 Å². The summed E-state index contributed by atoms with van der Waals surface area (Å²) in [5.74, 6) is 0.915. The van der Waals surface area contributed by atoms with Crippen molar-refractivity contribution < 1.29 is 14.6 Å². The van der Waals surface area contributed by atoms with Gasteiger partial charge in [0.2, 0.25) is 0 Å². The second-order valence-corrected chi connectivity index (χ2v) is 7.84. The Kier molecular flexibility index (Phi) is 5.86. The van der Waals surface area contributed by atoms with Crippen molar-refractivity contribution in [3.05, 3.63) is 0 Å². The van der Waals surface area contributed by atoms with Crippen molar-refractivity contribution in [2.45, 2.75) is 58.8 Å². The Labute approximate surface area is 134 Å². The van der Waals surface area contributed by atoms with Gasteiger partial charge in [-0.2, -0.15) is 0 Å². The summed E-state index contributed by atoms with van der Waals surface area (Å²) in [6, 6.07) is 0. The first-order chi connectivity index (χ1) is 10.3. The van der Waals surface area contributed by atoms with Crippen molar-refractivity contribution in [2.75, 3.05) is 32.7 Å². The number of ether oxygens (including phenoxy) is 1. The number of likely N-dealkylation sites (tertiary alicyclic amines) is 2. The van der Waals surface area contributed by atoms with Gasteiger partial charge in [-0.3, -0.25) is 14.6 Å². The minimum Gasteiger partial charge on any atom is -0.459 e. The molecular weight excluding hydrogens is 280 g/mol. The Morgan fingerprint density at radius 1 is 1.27 bits per heavy atom. The van der Waals surface area contributed by atoms with Gasteiger partial charge in [0.25, 0.3) is 0 Å². The van der Waals surface area contributed by atoms with Crippen LogP contribution in [0.5, 0.6) is 0 Å². The van der Waals surface area contributed by atoms with Gasteiger partial charge in [0, 0.05) is 32.1 Å². The average molecular weight is 312 g/mol. The summed E-state index contributed by atoms with van der Waals surface area (Å²) in [5.41, 5.74) is -0.426. The first-order valence-electron chi connectivity index (χ1n) is 8.65. The standard InChI is InChI=1S/C17H32N2O3/c1-5-13-6-8-19(9-7-13)16(21)14-10-18(11-14)12-15(20)22-17(2,3)4/h13-14,16,21H,5-12H2,1-4H3. The number of carbonyl (C=O) groups excluding carboxylic acids is 1. The third-order valence-electron chi connectivity index (χ3n) is 4.78. The molecule has 2 aliphatic heterocycles. The molecule has 128 valence electrons. The predicted molar refractivity (Wildman–Crippen MR) is 86.4 cm³/mol. The van der Waals surface area contributed by atoms with Crippen LogP contribution in [0.4, 0.5) is 0 Å². The molecular formula is C17H32N2O3. The largest absolute Gasteiger partial charge is 0.459 e. The highest BCUT2D eigenvalue weighted by Gasteiger charge is 2.37. The molecule has 2 aliphatic rings. The Morgan fingerprint density at radius 3 is 2.36 bits per heavy atom. The highest BCUT2D eigenvalue weighted by molar-refractivity contribution is 5.72. The highest BCUT2D eigenvalue weighted by Crippen LogP contribution is 2.26. The number of esters is 1. The summed E-state index contributed by atoms with van der Waals surface area (Å²) in [6.45, 7) is 11.8. The molecule has 5 heteroatoms. The minimum absolute atomic E-state index is 0.177. The molecule has 0 bridgehead atoms. The van der Waals surface area contributed by atoms with Gasteiger partial charge in [-0.1, -0.05) is 13.3 Å². The van der Waals surface area contributed by atoms with E-state index in [1.54, 1.807) is 0 Å². The van der Waals surface area contributed by atoms with Crippen molar-refractivity contribution >= 4 is 5.97 Å². The van der Waals surface area contributed by atoms with E-state index in [1.807, 2.05) is 20.8 Å². The van der Waals surface area contributed by atoms with Crippen LogP contribution in [-0.2, 0) is 9.53 Å². The zero-order chi connectivity index (χ0) is 16.3. The normalized spacial score (nSPS) is 24.0. The SMILES string of the molecule is CCC1CCN(C(O)C2CN(CC(=O)OC(C)(C)C)C2)CC1. The van der Waals surface area contributed by atoms with E-state index < -0.39 is 5.60 Å². The van der Waals surface area contributed by atoms with Crippen LogP contribution in [0.3, 0.4) is 0 Å². The average Bonchev–Trinajstić information content (AvgIpc) is 2.40. The first kappa shape index (κ1) is 17.7. The van der Waals surface area contributed by atoms with Crippen LogP contribution < -0.4 is 0 Å². The maximum Gasteiger partial charge on any atom is 0.320 e. The molecule has 0 spiro atoms. The Balaban J connectivity index is 1.67. The number of hydrogen-bond donors (Lipinski definition) is 1. The minimum atomic E-state index is -0.426. The van der Waals surface area contributed by atoms with Crippen LogP contribution in [0.2, 0.25) is 0 Å². The quantitative estimate of drug-likeness (QED) is 0.783. The van der Waals surface area contributed by atoms with E-state index in [0.717, 1.165) is 32.1 Å². The smallest absolute Gasteiger partial charge is 0.320 e. The molecule has 5 nitrogen and oxygen atoms in total. The number of rotatable bonds is 5. The molecule has 0 radical (unpaired) electrons. The molecule has 2 fully saturated rings. The topological polar surface area (TPSA) is 53.0 Å². The van der Waals surface area contributed by atoms with E-state index in [1.165, 1.54) is 19.3 Å². The summed E-state index contributed by atoms with van der Waals surface area (Å²) in [6.07, 6.45) is 3.29. The second kappa shape index (κ2) is 7.28. The molecule has 1 unspecified atom stereocenters. The van der Waals surface area contributed by atoms with Crippen LogP contribution in [0, 0.1) is 11.8 Å². The number of nitrogens with zero attached hydrogens (tertiary/aromatic N) is 2.